The predicted octanol–water partition coefficient (Wildman–Crippen LogP) is 2.84. The van der Waals surface area contributed by atoms with Crippen molar-refractivity contribution in [1.29, 1.82) is 0 Å². The Balaban J connectivity index is 1.52. The zero-order valence-corrected chi connectivity index (χ0v) is 23.9. The Hall–Kier alpha value is -3.26. The van der Waals surface area contributed by atoms with Crippen molar-refractivity contribution < 1.29 is 33.7 Å². The number of aliphatic hydroxyl groups excluding tert-OH is 2. The molecule has 0 spiro atoms. The first-order valence-electron chi connectivity index (χ1n) is 13.4. The number of fused-ring (bicyclic) bond motifs is 1. The fourth-order valence-corrected chi connectivity index (χ4v) is 5.06. The van der Waals surface area contributed by atoms with E-state index in [1.54, 1.807) is 24.3 Å². The van der Waals surface area contributed by atoms with E-state index in [2.05, 4.69) is 39.9 Å². The summed E-state index contributed by atoms with van der Waals surface area (Å²) in [6.45, 7) is 6.75. The first-order valence-corrected chi connectivity index (χ1v) is 17.1. The van der Waals surface area contributed by atoms with Crippen molar-refractivity contribution in [3.05, 3.63) is 53.7 Å². The maximum absolute atomic E-state index is 14.5. The third-order valence-corrected chi connectivity index (χ3v) is 8.34. The Morgan fingerprint density at radius 2 is 1.95 bits per heavy atom. The summed E-state index contributed by atoms with van der Waals surface area (Å²) in [6, 6.07) is 9.68. The van der Waals surface area contributed by atoms with Crippen LogP contribution in [0.1, 0.15) is 34.5 Å². The number of carbonyl (C=O) groups excluding carboxylic acids is 2. The van der Waals surface area contributed by atoms with Crippen LogP contribution in [0, 0.1) is 0 Å². The molecule has 2 aromatic heterocycles. The molecular formula is C27H36FN5O6Si. The molecule has 4 atom stereocenters. The Morgan fingerprint density at radius 3 is 2.62 bits per heavy atom. The Morgan fingerprint density at radius 1 is 1.20 bits per heavy atom. The first-order chi connectivity index (χ1) is 19.1. The maximum Gasteiger partial charge on any atom is 0.407 e. The summed E-state index contributed by atoms with van der Waals surface area (Å²) in [6.07, 6.45) is -3.99. The van der Waals surface area contributed by atoms with Gasteiger partial charge in [-0.2, -0.15) is 0 Å². The lowest BCUT2D eigenvalue weighted by atomic mass is 10.1. The standard InChI is InChI=1S/C27H36FN5O6Si/c1-40(2,3)13-12-38-27(37)29-11-7-10-21-31-18(14-19(35)17-8-5-4-6-9-17)23-25(32-21)33(16-30-23)26-24(36)22(28)20(15-34)39-26/h4-6,8-9,16,20,22,24,26,34,36H,7,10-15H2,1-3H3,(H,29,37)/t20-,22-,24-,26-/m1/s1. The summed E-state index contributed by atoms with van der Waals surface area (Å²) in [4.78, 5) is 38.6. The van der Waals surface area contributed by atoms with Gasteiger partial charge in [0, 0.05) is 26.6 Å². The fourth-order valence-electron chi connectivity index (χ4n) is 4.35. The minimum Gasteiger partial charge on any atom is -0.450 e. The van der Waals surface area contributed by atoms with E-state index in [1.165, 1.54) is 10.9 Å². The van der Waals surface area contributed by atoms with Crippen LogP contribution in [0.3, 0.4) is 0 Å². The molecule has 3 heterocycles. The molecule has 13 heteroatoms. The fraction of sp³-hybridized carbons (Fsp3) is 0.519. The average molecular weight is 574 g/mol. The molecule has 1 amide bonds. The molecule has 0 bridgehead atoms. The number of ketones is 1. The number of ether oxygens (including phenoxy) is 2. The van der Waals surface area contributed by atoms with Gasteiger partial charge >= 0.3 is 6.09 Å². The number of alkyl halides is 1. The summed E-state index contributed by atoms with van der Waals surface area (Å²) < 4.78 is 26.7. The number of rotatable bonds is 12. The van der Waals surface area contributed by atoms with E-state index in [0.717, 1.165) is 6.04 Å². The average Bonchev–Trinajstić information content (AvgIpc) is 3.46. The van der Waals surface area contributed by atoms with Crippen molar-refractivity contribution in [2.24, 2.45) is 0 Å². The molecule has 3 aromatic rings. The van der Waals surface area contributed by atoms with Gasteiger partial charge in [-0.05, 0) is 12.5 Å². The number of nitrogens with zero attached hydrogens (tertiary/aromatic N) is 4. The molecule has 1 aliphatic rings. The van der Waals surface area contributed by atoms with Gasteiger partial charge in [0.05, 0.1) is 31.7 Å². The molecule has 0 aliphatic carbocycles. The highest BCUT2D eigenvalue weighted by Gasteiger charge is 2.45. The molecule has 0 unspecified atom stereocenters. The van der Waals surface area contributed by atoms with Crippen LogP contribution in [0.15, 0.2) is 36.7 Å². The SMILES string of the molecule is C[Si](C)(C)CCOC(=O)NCCCc1nc(CC(=O)c2ccccc2)c2ncn([C@@H]3O[C@H](CO)[C@@H](F)[C@H]3O)c2n1. The molecule has 1 fully saturated rings. The molecule has 40 heavy (non-hydrogen) atoms. The third kappa shape index (κ3) is 7.27. The molecule has 3 N–H and O–H groups in total. The summed E-state index contributed by atoms with van der Waals surface area (Å²) in [7, 11) is -1.30. The molecule has 11 nitrogen and oxygen atoms in total. The van der Waals surface area contributed by atoms with Gasteiger partial charge in [-0.25, -0.2) is 24.1 Å². The monoisotopic (exact) mass is 573 g/mol. The molecular weight excluding hydrogens is 537 g/mol. The summed E-state index contributed by atoms with van der Waals surface area (Å²) in [5, 5.41) is 22.6. The number of carbonyl (C=O) groups is 2. The van der Waals surface area contributed by atoms with Gasteiger partial charge in [0.2, 0.25) is 0 Å². The van der Waals surface area contributed by atoms with Gasteiger partial charge in [0.15, 0.2) is 23.8 Å². The van der Waals surface area contributed by atoms with E-state index in [9.17, 15) is 24.2 Å². The number of aliphatic hydroxyl groups is 2. The van der Waals surface area contributed by atoms with Crippen molar-refractivity contribution in [3.63, 3.8) is 0 Å². The summed E-state index contributed by atoms with van der Waals surface area (Å²) in [5.74, 6) is 0.229. The topological polar surface area (TPSA) is 149 Å². The number of aryl methyl sites for hydroxylation is 1. The van der Waals surface area contributed by atoms with E-state index in [1.807, 2.05) is 6.07 Å². The maximum atomic E-state index is 14.5. The highest BCUT2D eigenvalue weighted by atomic mass is 28.3. The number of nitrogens with one attached hydrogen (secondary N) is 1. The first kappa shape index (κ1) is 29.7. The van der Waals surface area contributed by atoms with E-state index in [4.69, 9.17) is 9.47 Å². The van der Waals surface area contributed by atoms with Crippen molar-refractivity contribution in [1.82, 2.24) is 24.8 Å². The van der Waals surface area contributed by atoms with Crippen LogP contribution >= 0.6 is 0 Å². The van der Waals surface area contributed by atoms with Gasteiger partial charge in [-0.1, -0.05) is 50.0 Å². The second kappa shape index (κ2) is 12.9. The van der Waals surface area contributed by atoms with Crippen LogP contribution in [-0.2, 0) is 22.3 Å². The third-order valence-electron chi connectivity index (χ3n) is 6.64. The zero-order chi connectivity index (χ0) is 28.9. The van der Waals surface area contributed by atoms with Gasteiger partial charge in [0.1, 0.15) is 23.5 Å². The van der Waals surface area contributed by atoms with E-state index in [0.29, 0.717) is 48.6 Å². The molecule has 1 aliphatic heterocycles. The van der Waals surface area contributed by atoms with Crippen molar-refractivity contribution in [3.8, 4) is 0 Å². The molecule has 0 radical (unpaired) electrons. The lowest BCUT2D eigenvalue weighted by Crippen LogP contribution is -2.29. The molecule has 0 saturated carbocycles. The number of hydrogen-bond acceptors (Lipinski definition) is 9. The normalized spacial score (nSPS) is 21.1. The minimum atomic E-state index is -1.79. The Labute approximate surface area is 232 Å². The lowest BCUT2D eigenvalue weighted by Gasteiger charge is -2.17. The number of Topliss-reactive ketones (excluding diaryl/α,β-unsaturated/α-hetero) is 1. The Kier molecular flexibility index (Phi) is 9.61. The molecule has 216 valence electrons. The van der Waals surface area contributed by atoms with Crippen LogP contribution in [0.2, 0.25) is 25.7 Å². The lowest BCUT2D eigenvalue weighted by molar-refractivity contribution is -0.0495. The second-order valence-electron chi connectivity index (χ2n) is 11.0. The predicted molar refractivity (Wildman–Crippen MR) is 148 cm³/mol. The summed E-state index contributed by atoms with van der Waals surface area (Å²) >= 11 is 0. The number of hydrogen-bond donors (Lipinski definition) is 3. The van der Waals surface area contributed by atoms with E-state index < -0.39 is 45.4 Å². The van der Waals surface area contributed by atoms with Crippen molar-refractivity contribution >= 4 is 31.1 Å². The largest absolute Gasteiger partial charge is 0.450 e. The number of halogens is 1. The zero-order valence-electron chi connectivity index (χ0n) is 22.9. The van der Waals surface area contributed by atoms with Crippen LogP contribution in [0.4, 0.5) is 9.18 Å². The Bertz CT molecular complexity index is 1320. The van der Waals surface area contributed by atoms with Crippen LogP contribution in [-0.4, -0.2) is 87.8 Å². The quantitative estimate of drug-likeness (QED) is 0.169. The minimum absolute atomic E-state index is 0.0478. The summed E-state index contributed by atoms with van der Waals surface area (Å²) in [5.41, 5.74) is 1.51. The number of aromatic nitrogens is 4. The number of alkyl carbamates (subject to hydrolysis) is 1. The number of imidazole rings is 1. The molecule has 1 aromatic carbocycles. The highest BCUT2D eigenvalue weighted by molar-refractivity contribution is 6.76. The van der Waals surface area contributed by atoms with Crippen LogP contribution in [0.25, 0.3) is 11.2 Å². The molecule has 1 saturated heterocycles. The van der Waals surface area contributed by atoms with E-state index in [-0.39, 0.29) is 17.9 Å². The smallest absolute Gasteiger partial charge is 0.407 e. The van der Waals surface area contributed by atoms with E-state index >= 15 is 0 Å². The van der Waals surface area contributed by atoms with Crippen LogP contribution < -0.4 is 5.32 Å². The van der Waals surface area contributed by atoms with Crippen molar-refractivity contribution in [2.75, 3.05) is 19.8 Å². The highest BCUT2D eigenvalue weighted by Crippen LogP contribution is 2.33. The van der Waals surface area contributed by atoms with Gasteiger partial charge < -0.3 is 25.0 Å². The van der Waals surface area contributed by atoms with Gasteiger partial charge in [-0.3, -0.25) is 9.36 Å². The number of benzene rings is 1. The van der Waals surface area contributed by atoms with Crippen LogP contribution in [0.5, 0.6) is 0 Å². The number of amides is 1. The second-order valence-corrected chi connectivity index (χ2v) is 16.7. The van der Waals surface area contributed by atoms with Gasteiger partial charge in [0.25, 0.3) is 0 Å². The van der Waals surface area contributed by atoms with Crippen molar-refractivity contribution in [2.45, 2.75) is 69.6 Å². The van der Waals surface area contributed by atoms with Gasteiger partial charge in [-0.15, -0.1) is 0 Å². The molecule has 4 rings (SSSR count).